The normalized spacial score (nSPS) is 10.7. The number of phenolic OH excluding ortho intramolecular Hbond substituents is 1. The fraction of sp³-hybridized carbons (Fsp3) is 0.125. The van der Waals surface area contributed by atoms with Gasteiger partial charge in [0.1, 0.15) is 17.2 Å². The number of rotatable bonds is 5. The van der Waals surface area contributed by atoms with Gasteiger partial charge in [-0.3, -0.25) is 5.43 Å². The summed E-state index contributed by atoms with van der Waals surface area (Å²) in [6.07, 6.45) is 1.44. The Labute approximate surface area is 177 Å². The quantitative estimate of drug-likeness (QED) is 0.294. The molecule has 0 aliphatic rings. The van der Waals surface area contributed by atoms with E-state index in [0.29, 0.717) is 32.2 Å². The molecule has 0 radical (unpaired) electrons. The summed E-state index contributed by atoms with van der Waals surface area (Å²) in [6, 6.07) is 6.73. The summed E-state index contributed by atoms with van der Waals surface area (Å²) in [4.78, 5) is 0. The van der Waals surface area contributed by atoms with Crippen molar-refractivity contribution in [3.63, 3.8) is 0 Å². The minimum atomic E-state index is 0.0711. The summed E-state index contributed by atoms with van der Waals surface area (Å²) in [7, 11) is 3.03. The van der Waals surface area contributed by atoms with Gasteiger partial charge in [-0.1, -0.05) is 27.5 Å². The first-order valence-corrected chi connectivity index (χ1v) is 9.42. The van der Waals surface area contributed by atoms with E-state index in [2.05, 4.69) is 47.7 Å². The molecule has 0 aliphatic carbocycles. The lowest BCUT2D eigenvalue weighted by Gasteiger charge is -2.14. The summed E-state index contributed by atoms with van der Waals surface area (Å²) in [5.41, 5.74) is 3.74. The number of hydrogen-bond donors (Lipinski definition) is 3. The third-order valence-corrected chi connectivity index (χ3v) is 4.70. The molecule has 0 fully saturated rings. The molecule has 138 valence electrons. The molecule has 6 nitrogen and oxygen atoms in total. The van der Waals surface area contributed by atoms with Crippen LogP contribution in [-0.2, 0) is 0 Å². The van der Waals surface area contributed by atoms with Gasteiger partial charge in [0, 0.05) is 22.2 Å². The van der Waals surface area contributed by atoms with Crippen molar-refractivity contribution in [1.29, 1.82) is 0 Å². The Bertz CT molecular complexity index is 865. The number of hydrazone groups is 1. The number of ether oxygens (including phenoxy) is 2. The third kappa shape index (κ3) is 5.23. The van der Waals surface area contributed by atoms with Crippen LogP contribution in [0, 0.1) is 0 Å². The number of methoxy groups -OCH3 is 2. The molecule has 0 bridgehead atoms. The maximum atomic E-state index is 10.00. The number of nitrogens with one attached hydrogen (secondary N) is 2. The SMILES string of the molecule is COc1cc(NC(=S)N/N=C/c2cc(Br)cc(Br)c2O)c(OC)cc1Cl. The van der Waals surface area contributed by atoms with Crippen LogP contribution < -0.4 is 20.2 Å². The van der Waals surface area contributed by atoms with Crippen LogP contribution >= 0.6 is 55.7 Å². The Morgan fingerprint density at radius 1 is 1.19 bits per heavy atom. The van der Waals surface area contributed by atoms with Crippen molar-refractivity contribution < 1.29 is 14.6 Å². The minimum absolute atomic E-state index is 0.0711. The summed E-state index contributed by atoms with van der Waals surface area (Å²) in [5, 5.41) is 17.6. The summed E-state index contributed by atoms with van der Waals surface area (Å²) < 4.78 is 11.8. The van der Waals surface area contributed by atoms with Gasteiger partial charge >= 0.3 is 0 Å². The third-order valence-electron chi connectivity index (χ3n) is 3.15. The Kier molecular flexibility index (Phi) is 7.51. The van der Waals surface area contributed by atoms with E-state index in [9.17, 15) is 5.11 Å². The second kappa shape index (κ2) is 9.40. The Balaban J connectivity index is 2.10. The molecule has 0 unspecified atom stereocenters. The molecule has 0 aromatic heterocycles. The van der Waals surface area contributed by atoms with Gasteiger partial charge in [0.25, 0.3) is 0 Å². The molecule has 0 aliphatic heterocycles. The number of halogens is 3. The van der Waals surface area contributed by atoms with Gasteiger partial charge in [0.15, 0.2) is 5.11 Å². The molecule has 0 saturated carbocycles. The highest BCUT2D eigenvalue weighted by Crippen LogP contribution is 2.35. The van der Waals surface area contributed by atoms with E-state index in [0.717, 1.165) is 4.47 Å². The lowest BCUT2D eigenvalue weighted by Crippen LogP contribution is -2.24. The van der Waals surface area contributed by atoms with Gasteiger partial charge in [-0.15, -0.1) is 0 Å². The first kappa shape index (κ1) is 20.8. The summed E-state index contributed by atoms with van der Waals surface area (Å²) in [5.74, 6) is 1.05. The highest BCUT2D eigenvalue weighted by molar-refractivity contribution is 9.11. The zero-order valence-corrected chi connectivity index (χ0v) is 18.4. The van der Waals surface area contributed by atoms with Gasteiger partial charge in [-0.2, -0.15) is 5.10 Å². The van der Waals surface area contributed by atoms with Crippen LogP contribution in [0.3, 0.4) is 0 Å². The van der Waals surface area contributed by atoms with E-state index >= 15 is 0 Å². The lowest BCUT2D eigenvalue weighted by atomic mass is 10.2. The smallest absolute Gasteiger partial charge is 0.191 e. The Morgan fingerprint density at radius 3 is 2.54 bits per heavy atom. The van der Waals surface area contributed by atoms with Crippen LogP contribution in [0.15, 0.2) is 38.3 Å². The van der Waals surface area contributed by atoms with Crippen molar-refractivity contribution in [1.82, 2.24) is 5.43 Å². The number of anilines is 1. The number of phenols is 1. The fourth-order valence-electron chi connectivity index (χ4n) is 1.95. The molecule has 2 aromatic carbocycles. The topological polar surface area (TPSA) is 75.1 Å². The molecule has 0 saturated heterocycles. The van der Waals surface area contributed by atoms with Crippen LogP contribution in [0.2, 0.25) is 5.02 Å². The second-order valence-corrected chi connectivity index (χ2v) is 7.42. The van der Waals surface area contributed by atoms with Crippen LogP contribution in [0.25, 0.3) is 0 Å². The standard InChI is InChI=1S/C16H14Br2ClN3O3S/c1-24-13-6-12(14(25-2)5-11(13)19)21-16(26)22-20-7-8-3-9(17)4-10(18)15(8)23/h3-7,23H,1-2H3,(H2,21,22,26)/b20-7+. The molecular weight excluding hydrogens is 510 g/mol. The zero-order valence-electron chi connectivity index (χ0n) is 13.6. The van der Waals surface area contributed by atoms with Crippen LogP contribution in [-0.4, -0.2) is 30.7 Å². The maximum Gasteiger partial charge on any atom is 0.191 e. The van der Waals surface area contributed by atoms with Crippen molar-refractivity contribution in [2.45, 2.75) is 0 Å². The molecule has 0 amide bonds. The molecule has 2 aromatic rings. The minimum Gasteiger partial charge on any atom is -0.506 e. The van der Waals surface area contributed by atoms with Gasteiger partial charge in [0.05, 0.1) is 35.6 Å². The largest absolute Gasteiger partial charge is 0.506 e. The van der Waals surface area contributed by atoms with E-state index in [1.165, 1.54) is 20.4 Å². The van der Waals surface area contributed by atoms with Gasteiger partial charge < -0.3 is 19.9 Å². The van der Waals surface area contributed by atoms with Gasteiger partial charge in [-0.25, -0.2) is 0 Å². The first-order valence-electron chi connectivity index (χ1n) is 7.05. The molecule has 26 heavy (non-hydrogen) atoms. The first-order chi connectivity index (χ1) is 12.3. The monoisotopic (exact) mass is 521 g/mol. The van der Waals surface area contributed by atoms with Crippen molar-refractivity contribution >= 4 is 72.7 Å². The van der Waals surface area contributed by atoms with Crippen LogP contribution in [0.1, 0.15) is 5.56 Å². The predicted molar refractivity (Wildman–Crippen MR) is 115 cm³/mol. The van der Waals surface area contributed by atoms with E-state index in [1.807, 2.05) is 0 Å². The summed E-state index contributed by atoms with van der Waals surface area (Å²) in [6.45, 7) is 0. The average Bonchev–Trinajstić information content (AvgIpc) is 2.60. The van der Waals surface area contributed by atoms with Gasteiger partial charge in [-0.05, 0) is 40.3 Å². The molecular formula is C16H14Br2ClN3O3S. The molecule has 10 heteroatoms. The number of thiocarbonyl (C=S) groups is 1. The van der Waals surface area contributed by atoms with E-state index < -0.39 is 0 Å². The van der Waals surface area contributed by atoms with E-state index in [4.69, 9.17) is 33.3 Å². The Morgan fingerprint density at radius 2 is 1.88 bits per heavy atom. The molecule has 0 atom stereocenters. The van der Waals surface area contributed by atoms with E-state index in [1.54, 1.807) is 24.3 Å². The van der Waals surface area contributed by atoms with Crippen molar-refractivity contribution in [2.24, 2.45) is 5.10 Å². The fourth-order valence-corrected chi connectivity index (χ4v) is 3.60. The Hall–Kier alpha value is -1.55. The van der Waals surface area contributed by atoms with Crippen LogP contribution in [0.4, 0.5) is 5.69 Å². The summed E-state index contributed by atoms with van der Waals surface area (Å²) >= 11 is 17.9. The second-order valence-electron chi connectivity index (χ2n) is 4.84. The van der Waals surface area contributed by atoms with E-state index in [-0.39, 0.29) is 10.9 Å². The molecule has 3 N–H and O–H groups in total. The van der Waals surface area contributed by atoms with Crippen LogP contribution in [0.5, 0.6) is 17.2 Å². The highest BCUT2D eigenvalue weighted by atomic mass is 79.9. The molecule has 0 spiro atoms. The maximum absolute atomic E-state index is 10.00. The zero-order chi connectivity index (χ0) is 19.3. The lowest BCUT2D eigenvalue weighted by molar-refractivity contribution is 0.405. The van der Waals surface area contributed by atoms with Crippen molar-refractivity contribution in [2.75, 3.05) is 19.5 Å². The van der Waals surface area contributed by atoms with Crippen molar-refractivity contribution in [3.8, 4) is 17.2 Å². The molecule has 2 rings (SSSR count). The number of hydrogen-bond acceptors (Lipinski definition) is 5. The number of aromatic hydroxyl groups is 1. The number of nitrogens with zero attached hydrogens (tertiary/aromatic N) is 1. The highest BCUT2D eigenvalue weighted by Gasteiger charge is 2.11. The average molecular weight is 524 g/mol. The predicted octanol–water partition coefficient (Wildman–Crippen LogP) is 4.91. The van der Waals surface area contributed by atoms with Crippen molar-refractivity contribution in [3.05, 3.63) is 43.8 Å². The number of benzene rings is 2. The van der Waals surface area contributed by atoms with Gasteiger partial charge in [0.2, 0.25) is 0 Å². The molecule has 0 heterocycles.